The Morgan fingerprint density at radius 2 is 1.57 bits per heavy atom. The van der Waals surface area contributed by atoms with E-state index in [4.69, 9.17) is 51.1 Å². The molecule has 0 aliphatic rings. The average Bonchev–Trinajstić information content (AvgIpc) is 2.41. The summed E-state index contributed by atoms with van der Waals surface area (Å²) < 4.78 is 5.33. The summed E-state index contributed by atoms with van der Waals surface area (Å²) in [5, 5.41) is 1.32. The third-order valence-corrected chi connectivity index (χ3v) is 3.74. The molecule has 0 spiro atoms. The second-order valence-electron chi connectivity index (χ2n) is 4.18. The Balaban J connectivity index is 2.46. The number of carbonyl (C=O) groups excluding carboxylic acids is 1. The lowest BCUT2D eigenvalue weighted by molar-refractivity contribution is 0.103. The smallest absolute Gasteiger partial charge is 0.194 e. The molecule has 0 saturated carbocycles. The Morgan fingerprint density at radius 3 is 2.14 bits per heavy atom. The van der Waals surface area contributed by atoms with Gasteiger partial charge in [-0.1, -0.05) is 46.4 Å². The van der Waals surface area contributed by atoms with Crippen molar-refractivity contribution in [1.82, 2.24) is 0 Å². The lowest BCUT2D eigenvalue weighted by atomic mass is 10.0. The summed E-state index contributed by atoms with van der Waals surface area (Å²) in [7, 11) is 0. The summed E-state index contributed by atoms with van der Waals surface area (Å²) in [6.45, 7) is 2.28. The molecule has 2 rings (SSSR count). The highest BCUT2D eigenvalue weighted by molar-refractivity contribution is 6.38. The van der Waals surface area contributed by atoms with E-state index in [2.05, 4.69) is 0 Å². The van der Waals surface area contributed by atoms with Crippen LogP contribution in [0.5, 0.6) is 5.75 Å². The van der Waals surface area contributed by atoms with E-state index in [9.17, 15) is 4.79 Å². The molecule has 2 aromatic rings. The summed E-state index contributed by atoms with van der Waals surface area (Å²) >= 11 is 24.0. The predicted octanol–water partition coefficient (Wildman–Crippen LogP) is 5.93. The number of benzene rings is 2. The van der Waals surface area contributed by atoms with Gasteiger partial charge in [0.2, 0.25) is 0 Å². The van der Waals surface area contributed by atoms with E-state index in [1.54, 1.807) is 6.07 Å². The minimum atomic E-state index is -0.311. The minimum absolute atomic E-state index is 0.254. The standard InChI is InChI=1S/C15H10Cl4O2/c1-2-21-14-7-12(18)11(6-13(14)19)15(20)8-3-9(16)5-10(17)4-8/h3-7H,2H2,1H3. The highest BCUT2D eigenvalue weighted by Gasteiger charge is 2.17. The van der Waals surface area contributed by atoms with Crippen LogP contribution in [0, 0.1) is 0 Å². The van der Waals surface area contributed by atoms with Gasteiger partial charge in [-0.15, -0.1) is 0 Å². The lowest BCUT2D eigenvalue weighted by Gasteiger charge is -2.10. The van der Waals surface area contributed by atoms with Crippen LogP contribution in [0.3, 0.4) is 0 Å². The summed E-state index contributed by atoms with van der Waals surface area (Å²) in [6, 6.07) is 7.60. The Morgan fingerprint density at radius 1 is 0.952 bits per heavy atom. The van der Waals surface area contributed by atoms with Gasteiger partial charge in [-0.05, 0) is 31.2 Å². The fourth-order valence-electron chi connectivity index (χ4n) is 1.81. The van der Waals surface area contributed by atoms with E-state index in [1.807, 2.05) is 6.92 Å². The third kappa shape index (κ3) is 3.83. The molecule has 0 amide bonds. The van der Waals surface area contributed by atoms with Crippen LogP contribution in [0.1, 0.15) is 22.8 Å². The van der Waals surface area contributed by atoms with Crippen LogP contribution in [0.4, 0.5) is 0 Å². The SMILES string of the molecule is CCOc1cc(Cl)c(C(=O)c2cc(Cl)cc(Cl)c2)cc1Cl. The molecule has 0 heterocycles. The topological polar surface area (TPSA) is 26.3 Å². The monoisotopic (exact) mass is 362 g/mol. The maximum absolute atomic E-state index is 12.5. The normalized spacial score (nSPS) is 10.5. The van der Waals surface area contributed by atoms with Crippen molar-refractivity contribution in [2.75, 3.05) is 6.61 Å². The molecule has 0 radical (unpaired) electrons. The zero-order valence-corrected chi connectivity index (χ0v) is 13.9. The first-order valence-electron chi connectivity index (χ1n) is 6.05. The molecule has 6 heteroatoms. The van der Waals surface area contributed by atoms with Gasteiger partial charge < -0.3 is 4.74 Å². The van der Waals surface area contributed by atoms with Gasteiger partial charge in [0.25, 0.3) is 0 Å². The van der Waals surface area contributed by atoms with Gasteiger partial charge >= 0.3 is 0 Å². The van der Waals surface area contributed by atoms with Gasteiger partial charge in [-0.2, -0.15) is 0 Å². The van der Waals surface area contributed by atoms with Gasteiger partial charge in [-0.3, -0.25) is 4.79 Å². The van der Waals surface area contributed by atoms with Crippen molar-refractivity contribution in [3.63, 3.8) is 0 Å². The van der Waals surface area contributed by atoms with Crippen molar-refractivity contribution in [3.05, 3.63) is 61.5 Å². The Labute approximate surface area is 142 Å². The zero-order chi connectivity index (χ0) is 15.6. The number of hydrogen-bond acceptors (Lipinski definition) is 2. The molecule has 2 aromatic carbocycles. The molecule has 0 bridgehead atoms. The van der Waals surface area contributed by atoms with Crippen LogP contribution in [0.2, 0.25) is 20.1 Å². The van der Waals surface area contributed by atoms with E-state index in [-0.39, 0.29) is 16.4 Å². The van der Waals surface area contributed by atoms with E-state index in [0.717, 1.165) is 0 Å². The molecule has 0 saturated heterocycles. The molecule has 0 unspecified atom stereocenters. The van der Waals surface area contributed by atoms with Crippen molar-refractivity contribution in [2.24, 2.45) is 0 Å². The maximum atomic E-state index is 12.5. The molecule has 21 heavy (non-hydrogen) atoms. The van der Waals surface area contributed by atoms with E-state index in [1.165, 1.54) is 24.3 Å². The predicted molar refractivity (Wildman–Crippen MR) is 87.5 cm³/mol. The zero-order valence-electron chi connectivity index (χ0n) is 10.9. The highest BCUT2D eigenvalue weighted by Crippen LogP contribution is 2.33. The van der Waals surface area contributed by atoms with Crippen molar-refractivity contribution in [1.29, 1.82) is 0 Å². The summed E-state index contributed by atoms with van der Waals surface area (Å²) in [5.41, 5.74) is 0.609. The molecule has 0 atom stereocenters. The van der Waals surface area contributed by atoms with Crippen LogP contribution in [0.15, 0.2) is 30.3 Å². The first kappa shape index (κ1) is 16.4. The van der Waals surface area contributed by atoms with Gasteiger partial charge in [0, 0.05) is 27.2 Å². The number of ether oxygens (including phenoxy) is 1. The van der Waals surface area contributed by atoms with E-state index < -0.39 is 0 Å². The molecular weight excluding hydrogens is 354 g/mol. The number of hydrogen-bond donors (Lipinski definition) is 0. The van der Waals surface area contributed by atoms with Crippen molar-refractivity contribution in [2.45, 2.75) is 6.92 Å². The summed E-state index contributed by atoms with van der Waals surface area (Å²) in [4.78, 5) is 12.5. The second kappa shape index (κ2) is 6.89. The van der Waals surface area contributed by atoms with Gasteiger partial charge in [0.1, 0.15) is 5.75 Å². The second-order valence-corrected chi connectivity index (χ2v) is 5.87. The minimum Gasteiger partial charge on any atom is -0.492 e. The number of halogens is 4. The average molecular weight is 364 g/mol. The Bertz CT molecular complexity index is 678. The van der Waals surface area contributed by atoms with Gasteiger partial charge in [0.15, 0.2) is 5.78 Å². The van der Waals surface area contributed by atoms with Crippen LogP contribution >= 0.6 is 46.4 Å². The molecule has 110 valence electrons. The van der Waals surface area contributed by atoms with Gasteiger partial charge in [-0.25, -0.2) is 0 Å². The molecule has 0 aromatic heterocycles. The van der Waals surface area contributed by atoms with Crippen molar-refractivity contribution < 1.29 is 9.53 Å². The van der Waals surface area contributed by atoms with Crippen LogP contribution in [-0.2, 0) is 0 Å². The first-order valence-corrected chi connectivity index (χ1v) is 7.56. The van der Waals surface area contributed by atoms with E-state index in [0.29, 0.717) is 33.0 Å². The first-order chi connectivity index (χ1) is 9.92. The number of ketones is 1. The number of carbonyl (C=O) groups is 1. The Hall–Kier alpha value is -0.930. The molecule has 0 fully saturated rings. The number of rotatable bonds is 4. The van der Waals surface area contributed by atoms with E-state index >= 15 is 0 Å². The van der Waals surface area contributed by atoms with Crippen LogP contribution in [-0.4, -0.2) is 12.4 Å². The quantitative estimate of drug-likeness (QED) is 0.629. The lowest BCUT2D eigenvalue weighted by Crippen LogP contribution is -2.03. The summed E-state index contributed by atoms with van der Waals surface area (Å²) in [6.07, 6.45) is 0. The fraction of sp³-hybridized carbons (Fsp3) is 0.133. The third-order valence-electron chi connectivity index (χ3n) is 2.69. The Kier molecular flexibility index (Phi) is 5.39. The maximum Gasteiger partial charge on any atom is 0.194 e. The molecule has 2 nitrogen and oxygen atoms in total. The van der Waals surface area contributed by atoms with Crippen molar-refractivity contribution >= 4 is 52.2 Å². The van der Waals surface area contributed by atoms with Crippen LogP contribution < -0.4 is 4.74 Å². The van der Waals surface area contributed by atoms with Crippen molar-refractivity contribution in [3.8, 4) is 5.75 Å². The highest BCUT2D eigenvalue weighted by atomic mass is 35.5. The largest absolute Gasteiger partial charge is 0.492 e. The summed E-state index contributed by atoms with van der Waals surface area (Å²) in [5.74, 6) is 0.124. The fourth-order valence-corrected chi connectivity index (χ4v) is 2.79. The molecule has 0 N–H and O–H groups in total. The van der Waals surface area contributed by atoms with Gasteiger partial charge in [0.05, 0.1) is 16.7 Å². The van der Waals surface area contributed by atoms with Crippen LogP contribution in [0.25, 0.3) is 0 Å². The molecular formula is C15H10Cl4O2. The molecule has 0 aliphatic heterocycles. The molecule has 0 aliphatic carbocycles.